The van der Waals surface area contributed by atoms with Gasteiger partial charge in [-0.25, -0.2) is 4.79 Å². The molecule has 1 aliphatic carbocycles. The maximum Gasteiger partial charge on any atom is 0.408 e. The van der Waals surface area contributed by atoms with Gasteiger partial charge in [0.2, 0.25) is 5.91 Å². The van der Waals surface area contributed by atoms with Crippen LogP contribution in [0.25, 0.3) is 6.08 Å². The SMILES string of the molecule is C=Cc1cccc(C(C(=O)Nc2ccc(OC)cc2)N(C(=O)C(CC(C)C)NC(=O)OC(C)(C)C)C2CCC2)c1. The van der Waals surface area contributed by atoms with Gasteiger partial charge in [0.05, 0.1) is 7.11 Å². The molecule has 1 aliphatic rings. The van der Waals surface area contributed by atoms with Crippen LogP contribution in [0.1, 0.15) is 77.5 Å². The minimum absolute atomic E-state index is 0.114. The average molecular weight is 550 g/mol. The van der Waals surface area contributed by atoms with Gasteiger partial charge in [-0.2, -0.15) is 0 Å². The highest BCUT2D eigenvalue weighted by molar-refractivity contribution is 5.99. The van der Waals surface area contributed by atoms with E-state index < -0.39 is 23.8 Å². The standard InChI is InChI=1S/C32H43N3O5/c1-8-22-11-9-12-23(20-22)28(29(36)33-24-15-17-26(39-7)18-16-24)35(25-13-10-14-25)30(37)27(19-21(2)3)34-31(38)40-32(4,5)6/h8-9,11-12,15-18,20-21,25,27-28H,1,10,13-14,19H2,2-7H3,(H,33,36)(H,34,38). The lowest BCUT2D eigenvalue weighted by Crippen LogP contribution is -2.57. The molecule has 8 nitrogen and oxygen atoms in total. The smallest absolute Gasteiger partial charge is 0.408 e. The van der Waals surface area contributed by atoms with Crippen LogP contribution in [0.4, 0.5) is 10.5 Å². The Labute approximate surface area is 238 Å². The number of anilines is 1. The number of methoxy groups -OCH3 is 1. The van der Waals surface area contributed by atoms with Crippen molar-refractivity contribution in [3.8, 4) is 5.75 Å². The highest BCUT2D eigenvalue weighted by Crippen LogP contribution is 2.35. The molecule has 0 aromatic heterocycles. The number of ether oxygens (including phenoxy) is 2. The maximum atomic E-state index is 14.4. The Morgan fingerprint density at radius 3 is 2.30 bits per heavy atom. The van der Waals surface area contributed by atoms with Crippen LogP contribution in [-0.2, 0) is 14.3 Å². The third kappa shape index (κ3) is 8.34. The van der Waals surface area contributed by atoms with Gasteiger partial charge in [0, 0.05) is 11.7 Å². The summed E-state index contributed by atoms with van der Waals surface area (Å²) >= 11 is 0. The van der Waals surface area contributed by atoms with Crippen LogP contribution in [0.5, 0.6) is 5.75 Å². The fourth-order valence-corrected chi connectivity index (χ4v) is 4.68. The van der Waals surface area contributed by atoms with Crippen molar-refractivity contribution < 1.29 is 23.9 Å². The molecule has 0 bridgehead atoms. The van der Waals surface area contributed by atoms with Crippen LogP contribution in [0.2, 0.25) is 0 Å². The fourth-order valence-electron chi connectivity index (χ4n) is 4.68. The number of benzene rings is 2. The summed E-state index contributed by atoms with van der Waals surface area (Å²) in [6, 6.07) is 12.6. The zero-order chi connectivity index (χ0) is 29.4. The number of amides is 3. The Bertz CT molecular complexity index is 1180. The lowest BCUT2D eigenvalue weighted by atomic mass is 9.87. The van der Waals surface area contributed by atoms with Gasteiger partial charge in [0.1, 0.15) is 23.4 Å². The first-order valence-corrected chi connectivity index (χ1v) is 13.9. The quantitative estimate of drug-likeness (QED) is 0.341. The van der Waals surface area contributed by atoms with Crippen molar-refractivity contribution in [2.45, 2.75) is 84.0 Å². The van der Waals surface area contributed by atoms with Gasteiger partial charge in [-0.3, -0.25) is 9.59 Å². The van der Waals surface area contributed by atoms with Crippen LogP contribution in [-0.4, -0.2) is 47.6 Å². The zero-order valence-electron chi connectivity index (χ0n) is 24.5. The van der Waals surface area contributed by atoms with Crippen molar-refractivity contribution in [3.05, 3.63) is 66.2 Å². The van der Waals surface area contributed by atoms with E-state index in [2.05, 4.69) is 17.2 Å². The Kier molecular flexibility index (Phi) is 10.4. The minimum Gasteiger partial charge on any atom is -0.497 e. The molecule has 8 heteroatoms. The summed E-state index contributed by atoms with van der Waals surface area (Å²) < 4.78 is 10.7. The summed E-state index contributed by atoms with van der Waals surface area (Å²) in [5.41, 5.74) is 1.38. The van der Waals surface area contributed by atoms with Crippen molar-refractivity contribution in [2.24, 2.45) is 5.92 Å². The average Bonchev–Trinajstić information content (AvgIpc) is 2.85. The van der Waals surface area contributed by atoms with E-state index in [1.807, 2.05) is 38.1 Å². The van der Waals surface area contributed by atoms with E-state index in [9.17, 15) is 14.4 Å². The molecule has 0 aliphatic heterocycles. The second-order valence-corrected chi connectivity index (χ2v) is 11.7. The van der Waals surface area contributed by atoms with Gasteiger partial charge in [-0.15, -0.1) is 0 Å². The molecule has 3 rings (SSSR count). The minimum atomic E-state index is -0.921. The third-order valence-corrected chi connectivity index (χ3v) is 6.76. The summed E-state index contributed by atoms with van der Waals surface area (Å²) in [6.45, 7) is 13.2. The van der Waals surface area contributed by atoms with Crippen molar-refractivity contribution >= 4 is 29.7 Å². The van der Waals surface area contributed by atoms with E-state index in [0.29, 0.717) is 23.4 Å². The summed E-state index contributed by atoms with van der Waals surface area (Å²) in [5, 5.41) is 5.80. The lowest BCUT2D eigenvalue weighted by molar-refractivity contribution is -0.146. The third-order valence-electron chi connectivity index (χ3n) is 6.76. The van der Waals surface area contributed by atoms with Crippen molar-refractivity contribution in [3.63, 3.8) is 0 Å². The van der Waals surface area contributed by atoms with Gasteiger partial charge in [0.25, 0.3) is 5.91 Å². The molecule has 2 N–H and O–H groups in total. The molecular formula is C32H43N3O5. The van der Waals surface area contributed by atoms with E-state index in [0.717, 1.165) is 24.8 Å². The molecule has 216 valence electrons. The maximum absolute atomic E-state index is 14.4. The van der Waals surface area contributed by atoms with E-state index in [4.69, 9.17) is 9.47 Å². The van der Waals surface area contributed by atoms with Gasteiger partial charge < -0.3 is 25.0 Å². The van der Waals surface area contributed by atoms with Crippen LogP contribution < -0.4 is 15.4 Å². The van der Waals surface area contributed by atoms with Gasteiger partial charge in [0.15, 0.2) is 0 Å². The van der Waals surface area contributed by atoms with Crippen LogP contribution in [0, 0.1) is 5.92 Å². The zero-order valence-corrected chi connectivity index (χ0v) is 24.5. The summed E-state index contributed by atoms with van der Waals surface area (Å²) in [7, 11) is 1.58. The predicted molar refractivity (Wildman–Crippen MR) is 158 cm³/mol. The summed E-state index contributed by atoms with van der Waals surface area (Å²) in [6.07, 6.45) is 3.97. The molecule has 0 spiro atoms. The molecular weight excluding hydrogens is 506 g/mol. The molecule has 40 heavy (non-hydrogen) atoms. The Morgan fingerprint density at radius 2 is 1.77 bits per heavy atom. The normalized spacial score (nSPS) is 14.9. The number of hydrogen-bond donors (Lipinski definition) is 2. The number of nitrogens with zero attached hydrogens (tertiary/aromatic N) is 1. The molecule has 1 fully saturated rings. The molecule has 0 radical (unpaired) electrons. The first-order chi connectivity index (χ1) is 18.9. The van der Waals surface area contributed by atoms with E-state index >= 15 is 0 Å². The molecule has 0 saturated heterocycles. The molecule has 2 atom stereocenters. The van der Waals surface area contributed by atoms with Crippen molar-refractivity contribution in [2.75, 3.05) is 12.4 Å². The topological polar surface area (TPSA) is 97.0 Å². The number of rotatable bonds is 11. The first-order valence-electron chi connectivity index (χ1n) is 13.9. The largest absolute Gasteiger partial charge is 0.497 e. The number of alkyl carbamates (subject to hydrolysis) is 1. The van der Waals surface area contributed by atoms with Crippen LogP contribution >= 0.6 is 0 Å². The Morgan fingerprint density at radius 1 is 1.10 bits per heavy atom. The van der Waals surface area contributed by atoms with Crippen molar-refractivity contribution in [1.82, 2.24) is 10.2 Å². The predicted octanol–water partition coefficient (Wildman–Crippen LogP) is 6.34. The van der Waals surface area contributed by atoms with Crippen LogP contribution in [0.15, 0.2) is 55.1 Å². The number of hydrogen-bond acceptors (Lipinski definition) is 5. The van der Waals surface area contributed by atoms with E-state index in [1.54, 1.807) is 63.1 Å². The fraction of sp³-hybridized carbons (Fsp3) is 0.469. The van der Waals surface area contributed by atoms with Gasteiger partial charge in [-0.1, -0.05) is 44.7 Å². The lowest BCUT2D eigenvalue weighted by Gasteiger charge is -2.43. The van der Waals surface area contributed by atoms with Gasteiger partial charge >= 0.3 is 6.09 Å². The number of carbonyl (C=O) groups is 3. The molecule has 2 aromatic rings. The monoisotopic (exact) mass is 549 g/mol. The molecule has 2 unspecified atom stereocenters. The molecule has 2 aromatic carbocycles. The van der Waals surface area contributed by atoms with E-state index in [-0.39, 0.29) is 23.8 Å². The second-order valence-electron chi connectivity index (χ2n) is 11.7. The molecule has 1 saturated carbocycles. The second kappa shape index (κ2) is 13.5. The highest BCUT2D eigenvalue weighted by atomic mass is 16.6. The van der Waals surface area contributed by atoms with E-state index in [1.165, 1.54) is 0 Å². The van der Waals surface area contributed by atoms with Crippen LogP contribution in [0.3, 0.4) is 0 Å². The first kappa shape index (κ1) is 30.7. The Balaban J connectivity index is 2.03. The molecule has 3 amide bonds. The number of carbonyl (C=O) groups excluding carboxylic acids is 3. The van der Waals surface area contributed by atoms with Gasteiger partial charge in [-0.05, 0) is 93.8 Å². The Hall–Kier alpha value is -3.81. The summed E-state index contributed by atoms with van der Waals surface area (Å²) in [4.78, 5) is 42.9. The van der Waals surface area contributed by atoms with Crippen molar-refractivity contribution in [1.29, 1.82) is 0 Å². The molecule has 0 heterocycles. The summed E-state index contributed by atoms with van der Waals surface area (Å²) in [5.74, 6) is 0.141. The highest BCUT2D eigenvalue weighted by Gasteiger charge is 2.42. The number of nitrogens with one attached hydrogen (secondary N) is 2.